The molecule has 0 amide bonds. The van der Waals surface area contributed by atoms with Crippen LogP contribution in [0, 0.1) is 0 Å². The van der Waals surface area contributed by atoms with E-state index < -0.39 is 9.05 Å². The van der Waals surface area contributed by atoms with Crippen LogP contribution in [0.3, 0.4) is 0 Å². The first-order valence-electron chi connectivity index (χ1n) is 5.21. The minimum atomic E-state index is -3.40. The van der Waals surface area contributed by atoms with Crippen LogP contribution in [0.25, 0.3) is 0 Å². The third-order valence-electron chi connectivity index (χ3n) is 2.39. The molecule has 0 atom stereocenters. The monoisotopic (exact) mass is 260 g/mol. The van der Waals surface area contributed by atoms with Gasteiger partial charge in [0.25, 0.3) is 0 Å². The van der Waals surface area contributed by atoms with E-state index in [9.17, 15) is 8.42 Å². The quantitative estimate of drug-likeness (QED) is 0.764. The predicted octanol–water partition coefficient (Wildman–Crippen LogP) is 2.34. The van der Waals surface area contributed by atoms with Crippen molar-refractivity contribution in [3.8, 4) is 5.75 Å². The number of benzene rings is 1. The van der Waals surface area contributed by atoms with Gasteiger partial charge in [-0.2, -0.15) is 0 Å². The Balaban J connectivity index is 1.90. The first-order valence-corrected chi connectivity index (χ1v) is 7.69. The summed E-state index contributed by atoms with van der Waals surface area (Å²) < 4.78 is 27.1. The third kappa shape index (κ3) is 4.02. The number of halogens is 1. The fourth-order valence-corrected chi connectivity index (χ4v) is 2.06. The summed E-state index contributed by atoms with van der Waals surface area (Å²) in [6, 6.07) is 7.49. The van der Waals surface area contributed by atoms with Gasteiger partial charge in [-0.05, 0) is 37.0 Å². The van der Waals surface area contributed by atoms with Gasteiger partial charge < -0.3 is 4.74 Å². The molecule has 0 heterocycles. The first kappa shape index (κ1) is 11.7. The standard InChI is InChI=1S/C11H13ClO3S/c12-16(13,14)8-7-9-1-3-10(4-2-9)15-11-5-6-11/h1-4,11H,5-8H2. The maximum Gasteiger partial charge on any atom is 0.232 e. The lowest BCUT2D eigenvalue weighted by Gasteiger charge is -2.05. The predicted molar refractivity (Wildman–Crippen MR) is 63.4 cm³/mol. The molecule has 88 valence electrons. The highest BCUT2D eigenvalue weighted by molar-refractivity contribution is 8.13. The molecule has 1 fully saturated rings. The fourth-order valence-electron chi connectivity index (χ4n) is 1.35. The minimum Gasteiger partial charge on any atom is -0.490 e. The summed E-state index contributed by atoms with van der Waals surface area (Å²) in [4.78, 5) is 0. The van der Waals surface area contributed by atoms with E-state index in [1.54, 1.807) is 0 Å². The molecule has 0 spiro atoms. The molecule has 0 saturated heterocycles. The SMILES string of the molecule is O=S(=O)(Cl)CCc1ccc(OC2CC2)cc1. The van der Waals surface area contributed by atoms with Crippen molar-refractivity contribution >= 4 is 19.7 Å². The first-order chi connectivity index (χ1) is 7.53. The van der Waals surface area contributed by atoms with E-state index in [0.717, 1.165) is 24.2 Å². The Kier molecular flexibility index (Phi) is 3.40. The molecular weight excluding hydrogens is 248 g/mol. The molecule has 16 heavy (non-hydrogen) atoms. The van der Waals surface area contributed by atoms with Gasteiger partial charge in [0.05, 0.1) is 11.9 Å². The Morgan fingerprint density at radius 2 is 1.88 bits per heavy atom. The van der Waals surface area contributed by atoms with Crippen molar-refractivity contribution < 1.29 is 13.2 Å². The van der Waals surface area contributed by atoms with E-state index in [1.165, 1.54) is 0 Å². The number of hydrogen-bond acceptors (Lipinski definition) is 3. The van der Waals surface area contributed by atoms with Crippen molar-refractivity contribution in [2.45, 2.75) is 25.4 Å². The zero-order valence-corrected chi connectivity index (χ0v) is 10.3. The number of ether oxygens (including phenoxy) is 1. The van der Waals surface area contributed by atoms with Crippen molar-refractivity contribution in [1.82, 2.24) is 0 Å². The number of hydrogen-bond donors (Lipinski definition) is 0. The van der Waals surface area contributed by atoms with E-state index in [0.29, 0.717) is 12.5 Å². The van der Waals surface area contributed by atoms with Crippen molar-refractivity contribution in [1.29, 1.82) is 0 Å². The van der Waals surface area contributed by atoms with Gasteiger partial charge in [-0.25, -0.2) is 8.42 Å². The van der Waals surface area contributed by atoms with Crippen molar-refractivity contribution in [3.05, 3.63) is 29.8 Å². The highest BCUT2D eigenvalue weighted by Crippen LogP contribution is 2.26. The third-order valence-corrected chi connectivity index (χ3v) is 3.54. The van der Waals surface area contributed by atoms with E-state index >= 15 is 0 Å². The molecule has 1 saturated carbocycles. The highest BCUT2D eigenvalue weighted by atomic mass is 35.7. The molecule has 1 aliphatic rings. The Bertz CT molecular complexity index is 449. The average molecular weight is 261 g/mol. The van der Waals surface area contributed by atoms with Gasteiger partial charge in [-0.3, -0.25) is 0 Å². The van der Waals surface area contributed by atoms with Crippen molar-refractivity contribution in [2.24, 2.45) is 0 Å². The maximum absolute atomic E-state index is 10.8. The van der Waals surface area contributed by atoms with Gasteiger partial charge in [-0.1, -0.05) is 12.1 Å². The minimum absolute atomic E-state index is 0.0304. The summed E-state index contributed by atoms with van der Waals surface area (Å²) in [7, 11) is 1.74. The summed E-state index contributed by atoms with van der Waals surface area (Å²) in [5, 5.41) is 0. The van der Waals surface area contributed by atoms with Crippen LogP contribution in [-0.2, 0) is 15.5 Å². The normalized spacial score (nSPS) is 16.1. The lowest BCUT2D eigenvalue weighted by atomic mass is 10.2. The van der Waals surface area contributed by atoms with Gasteiger partial charge in [0, 0.05) is 10.7 Å². The van der Waals surface area contributed by atoms with Crippen LogP contribution in [-0.4, -0.2) is 20.3 Å². The Hall–Kier alpha value is -0.740. The van der Waals surface area contributed by atoms with Gasteiger partial charge in [-0.15, -0.1) is 0 Å². The summed E-state index contributed by atoms with van der Waals surface area (Å²) in [6.45, 7) is 0. The second-order valence-electron chi connectivity index (χ2n) is 3.95. The molecule has 5 heteroatoms. The molecule has 0 bridgehead atoms. The molecule has 3 nitrogen and oxygen atoms in total. The van der Waals surface area contributed by atoms with Crippen molar-refractivity contribution in [3.63, 3.8) is 0 Å². The average Bonchev–Trinajstić information content (AvgIpc) is 3.00. The Labute approximate surface area is 99.8 Å². The summed E-state index contributed by atoms with van der Waals surface area (Å²) >= 11 is 0. The van der Waals surface area contributed by atoms with Gasteiger partial charge >= 0.3 is 0 Å². The summed E-state index contributed by atoms with van der Waals surface area (Å²) in [5.41, 5.74) is 0.951. The highest BCUT2D eigenvalue weighted by Gasteiger charge is 2.23. The van der Waals surface area contributed by atoms with Crippen LogP contribution >= 0.6 is 10.7 Å². The molecule has 0 aromatic heterocycles. The van der Waals surface area contributed by atoms with E-state index in [2.05, 4.69) is 0 Å². The number of aryl methyl sites for hydroxylation is 1. The Morgan fingerprint density at radius 1 is 1.25 bits per heavy atom. The molecule has 1 aliphatic carbocycles. The van der Waals surface area contributed by atoms with Gasteiger partial charge in [0.15, 0.2) is 0 Å². The summed E-state index contributed by atoms with van der Waals surface area (Å²) in [6.07, 6.45) is 3.09. The second kappa shape index (κ2) is 4.63. The zero-order valence-electron chi connectivity index (χ0n) is 8.73. The molecule has 0 aliphatic heterocycles. The Morgan fingerprint density at radius 3 is 2.38 bits per heavy atom. The smallest absolute Gasteiger partial charge is 0.232 e. The van der Waals surface area contributed by atoms with Gasteiger partial charge in [0.1, 0.15) is 5.75 Å². The van der Waals surface area contributed by atoms with E-state index in [1.807, 2.05) is 24.3 Å². The molecular formula is C11H13ClO3S. The van der Waals surface area contributed by atoms with Crippen LogP contribution < -0.4 is 4.74 Å². The number of rotatable bonds is 5. The lowest BCUT2D eigenvalue weighted by molar-refractivity contribution is 0.303. The largest absolute Gasteiger partial charge is 0.490 e. The molecule has 0 unspecified atom stereocenters. The molecule has 2 rings (SSSR count). The van der Waals surface area contributed by atoms with Crippen LogP contribution in [0.2, 0.25) is 0 Å². The van der Waals surface area contributed by atoms with Crippen LogP contribution in [0.4, 0.5) is 0 Å². The molecule has 0 radical (unpaired) electrons. The van der Waals surface area contributed by atoms with Gasteiger partial charge in [0.2, 0.25) is 9.05 Å². The molecule has 1 aromatic carbocycles. The molecule has 0 N–H and O–H groups in total. The van der Waals surface area contributed by atoms with E-state index in [-0.39, 0.29) is 5.75 Å². The fraction of sp³-hybridized carbons (Fsp3) is 0.455. The molecule has 1 aromatic rings. The van der Waals surface area contributed by atoms with Crippen molar-refractivity contribution in [2.75, 3.05) is 5.75 Å². The maximum atomic E-state index is 10.8. The topological polar surface area (TPSA) is 43.4 Å². The van der Waals surface area contributed by atoms with Crippen LogP contribution in [0.1, 0.15) is 18.4 Å². The summed E-state index contributed by atoms with van der Waals surface area (Å²) in [5.74, 6) is 0.817. The lowest BCUT2D eigenvalue weighted by Crippen LogP contribution is -2.01. The second-order valence-corrected chi connectivity index (χ2v) is 6.85. The van der Waals surface area contributed by atoms with Crippen LogP contribution in [0.15, 0.2) is 24.3 Å². The van der Waals surface area contributed by atoms with E-state index in [4.69, 9.17) is 15.4 Å². The zero-order chi connectivity index (χ0) is 11.6. The van der Waals surface area contributed by atoms with Crippen LogP contribution in [0.5, 0.6) is 5.75 Å².